The van der Waals surface area contributed by atoms with E-state index in [2.05, 4.69) is 21.2 Å². The molecule has 0 bridgehead atoms. The van der Waals surface area contributed by atoms with Gasteiger partial charge in [-0.05, 0) is 18.2 Å². The first-order chi connectivity index (χ1) is 13.2. The molecule has 3 heterocycles. The molecule has 2 amide bonds. The minimum absolute atomic E-state index is 0.00889. The number of methoxy groups -OCH3 is 1. The lowest BCUT2D eigenvalue weighted by atomic mass is 10.3. The molecule has 3 N–H and O–H groups in total. The molecule has 4 rings (SSSR count). The molecule has 8 nitrogen and oxygen atoms in total. The molecule has 0 fully saturated rings. The predicted molar refractivity (Wildman–Crippen MR) is 106 cm³/mol. The van der Waals surface area contributed by atoms with Crippen molar-refractivity contribution in [1.82, 2.24) is 20.2 Å². The molecular weight excluding hydrogens is 386 g/mol. The summed E-state index contributed by atoms with van der Waals surface area (Å²) < 4.78 is 7.14. The highest BCUT2D eigenvalue weighted by molar-refractivity contribution is 7.21. The first kappa shape index (κ1) is 17.3. The van der Waals surface area contributed by atoms with Crippen molar-refractivity contribution < 1.29 is 14.3 Å². The Morgan fingerprint density at radius 2 is 2.11 bits per heavy atom. The van der Waals surface area contributed by atoms with E-state index in [0.29, 0.717) is 16.3 Å². The first-order valence-electron chi connectivity index (χ1n) is 7.97. The molecule has 138 valence electrons. The number of carbonyl (C=O) groups excluding carboxylic acids is 2. The highest BCUT2D eigenvalue weighted by atomic mass is 32.1. The van der Waals surface area contributed by atoms with E-state index in [0.717, 1.165) is 15.3 Å². The number of imidazole rings is 1. The van der Waals surface area contributed by atoms with Crippen LogP contribution in [0.3, 0.4) is 0 Å². The lowest BCUT2D eigenvalue weighted by Crippen LogP contribution is -2.43. The lowest BCUT2D eigenvalue weighted by Gasteiger charge is -2.11. The van der Waals surface area contributed by atoms with Crippen LogP contribution in [0.4, 0.5) is 5.69 Å². The number of anilines is 1. The summed E-state index contributed by atoms with van der Waals surface area (Å²) in [5.41, 5.74) is 6.40. The van der Waals surface area contributed by atoms with Gasteiger partial charge in [0, 0.05) is 11.6 Å². The maximum absolute atomic E-state index is 12.3. The predicted octanol–water partition coefficient (Wildman–Crippen LogP) is 2.49. The number of rotatable bonds is 5. The number of amides is 2. The van der Waals surface area contributed by atoms with Gasteiger partial charge in [0.1, 0.15) is 10.6 Å². The Hall–Kier alpha value is -3.11. The van der Waals surface area contributed by atoms with Gasteiger partial charge in [0.05, 0.1) is 29.7 Å². The SMILES string of the molecule is COc1ccccc1NCC(=O)NNC(=O)c1cc2c(nc3sccn32)s1. The molecule has 27 heavy (non-hydrogen) atoms. The molecule has 0 atom stereocenters. The van der Waals surface area contributed by atoms with Crippen LogP contribution in [0, 0.1) is 0 Å². The summed E-state index contributed by atoms with van der Waals surface area (Å²) in [7, 11) is 1.56. The number of hydrazine groups is 1. The highest BCUT2D eigenvalue weighted by Gasteiger charge is 2.15. The smallest absolute Gasteiger partial charge is 0.279 e. The number of carbonyl (C=O) groups is 2. The van der Waals surface area contributed by atoms with Gasteiger partial charge in [0.2, 0.25) is 0 Å². The number of thiophene rings is 1. The zero-order valence-corrected chi connectivity index (χ0v) is 15.8. The number of aromatic nitrogens is 2. The number of hydrogen-bond donors (Lipinski definition) is 3. The Morgan fingerprint density at radius 3 is 2.96 bits per heavy atom. The maximum atomic E-state index is 12.3. The summed E-state index contributed by atoms with van der Waals surface area (Å²) in [6, 6.07) is 9.04. The molecule has 0 aliphatic heterocycles. The second-order valence-electron chi connectivity index (χ2n) is 5.52. The molecule has 4 aromatic rings. The van der Waals surface area contributed by atoms with Crippen molar-refractivity contribution in [3.63, 3.8) is 0 Å². The number of hydrogen-bond acceptors (Lipinski definition) is 7. The van der Waals surface area contributed by atoms with E-state index in [1.54, 1.807) is 25.3 Å². The van der Waals surface area contributed by atoms with Crippen molar-refractivity contribution in [2.75, 3.05) is 19.0 Å². The number of benzene rings is 1. The number of thiazole rings is 1. The van der Waals surface area contributed by atoms with Crippen molar-refractivity contribution in [3.05, 3.63) is 46.8 Å². The molecule has 0 unspecified atom stereocenters. The fourth-order valence-electron chi connectivity index (χ4n) is 2.56. The Balaban J connectivity index is 1.34. The van der Waals surface area contributed by atoms with Crippen LogP contribution >= 0.6 is 22.7 Å². The molecular formula is C17H15N5O3S2. The molecule has 0 saturated carbocycles. The molecule has 0 radical (unpaired) electrons. The molecule has 0 aliphatic carbocycles. The van der Waals surface area contributed by atoms with E-state index >= 15 is 0 Å². The largest absolute Gasteiger partial charge is 0.495 e. The first-order valence-corrected chi connectivity index (χ1v) is 9.66. The van der Waals surface area contributed by atoms with Crippen LogP contribution in [0.5, 0.6) is 5.75 Å². The third kappa shape index (κ3) is 3.44. The van der Waals surface area contributed by atoms with E-state index in [1.807, 2.05) is 28.1 Å². The number of nitrogens with zero attached hydrogens (tertiary/aromatic N) is 2. The average Bonchev–Trinajstić information content (AvgIpc) is 3.36. The Labute approximate surface area is 161 Å². The van der Waals surface area contributed by atoms with Gasteiger partial charge in [-0.3, -0.25) is 24.8 Å². The second-order valence-corrected chi connectivity index (χ2v) is 7.43. The summed E-state index contributed by atoms with van der Waals surface area (Å²) in [4.78, 5) is 30.9. The maximum Gasteiger partial charge on any atom is 0.279 e. The number of para-hydroxylation sites is 2. The van der Waals surface area contributed by atoms with Gasteiger partial charge in [-0.15, -0.1) is 22.7 Å². The zero-order chi connectivity index (χ0) is 18.8. The average molecular weight is 401 g/mol. The number of fused-ring (bicyclic) bond motifs is 3. The molecule has 0 saturated heterocycles. The summed E-state index contributed by atoms with van der Waals surface area (Å²) in [6.45, 7) is -0.00889. The van der Waals surface area contributed by atoms with Crippen molar-refractivity contribution in [1.29, 1.82) is 0 Å². The minimum atomic E-state index is -0.382. The molecule has 1 aromatic carbocycles. The van der Waals surface area contributed by atoms with Crippen molar-refractivity contribution in [2.45, 2.75) is 0 Å². The second kappa shape index (κ2) is 7.25. The minimum Gasteiger partial charge on any atom is -0.495 e. The van der Waals surface area contributed by atoms with E-state index < -0.39 is 0 Å². The highest BCUT2D eigenvalue weighted by Crippen LogP contribution is 2.28. The van der Waals surface area contributed by atoms with Crippen LogP contribution in [0.25, 0.3) is 15.3 Å². The third-order valence-corrected chi connectivity index (χ3v) is 5.60. The molecule has 3 aromatic heterocycles. The fourth-order valence-corrected chi connectivity index (χ4v) is 4.25. The van der Waals surface area contributed by atoms with Gasteiger partial charge in [0.25, 0.3) is 11.8 Å². The van der Waals surface area contributed by atoms with Gasteiger partial charge in [-0.1, -0.05) is 12.1 Å². The fraction of sp³-hybridized carbons (Fsp3) is 0.118. The van der Waals surface area contributed by atoms with Crippen LogP contribution in [-0.4, -0.2) is 34.9 Å². The third-order valence-electron chi connectivity index (χ3n) is 3.83. The van der Waals surface area contributed by atoms with Crippen LogP contribution in [-0.2, 0) is 4.79 Å². The van der Waals surface area contributed by atoms with Crippen LogP contribution in [0.2, 0.25) is 0 Å². The van der Waals surface area contributed by atoms with E-state index in [1.165, 1.54) is 22.7 Å². The van der Waals surface area contributed by atoms with Crippen LogP contribution < -0.4 is 20.9 Å². The van der Waals surface area contributed by atoms with E-state index in [9.17, 15) is 9.59 Å². The van der Waals surface area contributed by atoms with E-state index in [-0.39, 0.29) is 18.4 Å². The number of nitrogens with one attached hydrogen (secondary N) is 3. The summed E-state index contributed by atoms with van der Waals surface area (Å²) in [6.07, 6.45) is 1.91. The van der Waals surface area contributed by atoms with Gasteiger partial charge >= 0.3 is 0 Å². The topological polar surface area (TPSA) is 96.8 Å². The normalized spacial score (nSPS) is 10.9. The summed E-state index contributed by atoms with van der Waals surface area (Å²) in [5, 5.41) is 4.90. The van der Waals surface area contributed by atoms with E-state index in [4.69, 9.17) is 4.74 Å². The van der Waals surface area contributed by atoms with Crippen molar-refractivity contribution in [3.8, 4) is 5.75 Å². The van der Waals surface area contributed by atoms with Gasteiger partial charge in [-0.25, -0.2) is 4.98 Å². The zero-order valence-electron chi connectivity index (χ0n) is 14.2. The molecule has 0 spiro atoms. The van der Waals surface area contributed by atoms with Crippen LogP contribution in [0.1, 0.15) is 9.67 Å². The molecule has 0 aliphatic rings. The Bertz CT molecular complexity index is 1130. The van der Waals surface area contributed by atoms with Crippen LogP contribution in [0.15, 0.2) is 41.9 Å². The number of ether oxygens (including phenoxy) is 1. The summed E-state index contributed by atoms with van der Waals surface area (Å²) in [5.74, 6) is -0.123. The standard InChI is InChI=1S/C17H15N5O3S2/c1-25-12-5-3-2-4-10(12)18-9-14(23)20-21-15(24)13-8-11-16(27-13)19-17-22(11)6-7-26-17/h2-8,18H,9H2,1H3,(H,20,23)(H,21,24). The van der Waals surface area contributed by atoms with Gasteiger partial charge < -0.3 is 10.1 Å². The van der Waals surface area contributed by atoms with Gasteiger partial charge in [0.15, 0.2) is 4.96 Å². The Morgan fingerprint density at radius 1 is 1.26 bits per heavy atom. The van der Waals surface area contributed by atoms with Crippen molar-refractivity contribution in [2.24, 2.45) is 0 Å². The van der Waals surface area contributed by atoms with Gasteiger partial charge in [-0.2, -0.15) is 0 Å². The molecule has 10 heteroatoms. The summed E-state index contributed by atoms with van der Waals surface area (Å²) >= 11 is 2.82. The lowest BCUT2D eigenvalue weighted by molar-refractivity contribution is -0.120. The Kier molecular flexibility index (Phi) is 4.65. The van der Waals surface area contributed by atoms with Crippen molar-refractivity contribution >= 4 is 55.5 Å². The quantitative estimate of drug-likeness (QED) is 0.447. The monoisotopic (exact) mass is 401 g/mol.